The molecule has 0 heterocycles. The van der Waals surface area contributed by atoms with Crippen LogP contribution >= 0.6 is 0 Å². The molecule has 0 radical (unpaired) electrons. The van der Waals surface area contributed by atoms with E-state index in [2.05, 4.69) is 0 Å². The molecule has 0 amide bonds. The summed E-state index contributed by atoms with van der Waals surface area (Å²) in [6, 6.07) is 0. The van der Waals surface area contributed by atoms with E-state index in [1.165, 1.54) is 82.9 Å². The molecule has 18 aliphatic carbocycles. The van der Waals surface area contributed by atoms with E-state index in [1.54, 1.807) is 25.7 Å². The van der Waals surface area contributed by atoms with E-state index in [-0.39, 0.29) is 0 Å². The maximum Gasteiger partial charge on any atom is -0.00504 e. The minimum Gasteiger partial charge on any atom is -0.0458 e. The molecule has 134 valence electrons. The molecule has 0 aliphatic heterocycles. The van der Waals surface area contributed by atoms with Gasteiger partial charge in [-0.2, -0.15) is 0 Å². The van der Waals surface area contributed by atoms with Crippen molar-refractivity contribution in [1.29, 1.82) is 0 Å². The Morgan fingerprint density at radius 3 is 0.857 bits per heavy atom. The van der Waals surface area contributed by atoms with Crippen molar-refractivity contribution in [3.63, 3.8) is 0 Å². The highest BCUT2D eigenvalue weighted by atomic mass is 15.5. The number of rotatable bonds is 0. The highest BCUT2D eigenvalue weighted by molar-refractivity contribution is 5.92. The largest absolute Gasteiger partial charge is 0.0458 e. The van der Waals surface area contributed by atoms with E-state index in [1.807, 2.05) is 0 Å². The lowest BCUT2D eigenvalue weighted by molar-refractivity contribution is -1.03. The summed E-state index contributed by atoms with van der Waals surface area (Å²) in [5, 5.41) is 0. The van der Waals surface area contributed by atoms with Gasteiger partial charge in [0.2, 0.25) is 0 Å². The Hall–Kier alpha value is 0. The third kappa shape index (κ3) is 0.246. The fourth-order valence-corrected chi connectivity index (χ4v) is 26.9. The SMILES string of the molecule is C1[C@@H]2[C@@H]3C[C@@H]4[C@@H]5C6[C@@H]7[C@@H]8C[C@@H]9[C@@H]%10C[C@@H]%11[C@@H]%12C%13[C@@H]%14[C@H]1C21C43C52C63C%13(C%1412)C%121C%11%10C98C731. The Bertz CT molecular complexity index is 1220. The minimum atomic E-state index is 1.10. The van der Waals surface area contributed by atoms with Crippen molar-refractivity contribution in [1.82, 2.24) is 0 Å². The molecular formula is C28H22. The molecule has 18 saturated carbocycles. The first-order valence-electron chi connectivity index (χ1n) is 13.9. The summed E-state index contributed by atoms with van der Waals surface area (Å²) in [6.45, 7) is 0. The average molecular weight is 358 g/mol. The molecule has 0 aromatic carbocycles. The molecule has 24 atom stereocenters. The van der Waals surface area contributed by atoms with Crippen LogP contribution in [0.3, 0.4) is 0 Å². The number of hydrogen-bond donors (Lipinski definition) is 0. The van der Waals surface area contributed by atoms with E-state index in [0.717, 1.165) is 54.1 Å². The Balaban J connectivity index is 1.13. The molecular weight excluding hydrogens is 336 g/mol. The van der Waals surface area contributed by atoms with Crippen LogP contribution in [-0.4, -0.2) is 0 Å². The van der Waals surface area contributed by atoms with Gasteiger partial charge in [-0.1, -0.05) is 0 Å². The summed E-state index contributed by atoms with van der Waals surface area (Å²) in [6.07, 6.45) is 7.09. The molecule has 0 aromatic rings. The first-order valence-corrected chi connectivity index (χ1v) is 13.9. The van der Waals surface area contributed by atoms with Crippen molar-refractivity contribution >= 4 is 0 Å². The fraction of sp³-hybridized carbons (Fsp3) is 1.00. The highest BCUT2D eigenvalue weighted by Crippen LogP contribution is 3.49. The second-order valence-electron chi connectivity index (χ2n) is 17.3. The number of hydrogen-bond acceptors (Lipinski definition) is 0. The van der Waals surface area contributed by atoms with Crippen LogP contribution in [0.5, 0.6) is 0 Å². The van der Waals surface area contributed by atoms with E-state index >= 15 is 0 Å². The standard InChI is InChI=1S/C28H22/c1-5-6-2-10-15-18-16-12-4-8-7-3-11-14-17-13-9(1)19(5)20(6,10)24(15)23(13,19)27(17)25(14)21(7,11)22(8,12)26(16,25)28(18,24)27/h5-18H,1-4H2/t5-,6+,7+,8-,9+,10-,11-,12+,13+,14-,15-,16+,17?,18?,19?,20?,21?,22?,23?,24?,25?,26?,27?,28?. The van der Waals surface area contributed by atoms with E-state index in [0.29, 0.717) is 0 Å². The summed E-state index contributed by atoms with van der Waals surface area (Å²) in [4.78, 5) is 0. The van der Waals surface area contributed by atoms with Crippen LogP contribution in [-0.2, 0) is 0 Å². The zero-order valence-electron chi connectivity index (χ0n) is 15.9. The summed E-state index contributed by atoms with van der Waals surface area (Å²) < 4.78 is 0. The van der Waals surface area contributed by atoms with Gasteiger partial charge in [0.15, 0.2) is 0 Å². The molecule has 28 heavy (non-hydrogen) atoms. The lowest BCUT2D eigenvalue weighted by Crippen LogP contribution is -3.46. The van der Waals surface area contributed by atoms with E-state index in [4.69, 9.17) is 0 Å². The normalized spacial score (nSPS) is 126. The molecule has 0 bridgehead atoms. The van der Waals surface area contributed by atoms with Crippen LogP contribution in [0.25, 0.3) is 0 Å². The summed E-state index contributed by atoms with van der Waals surface area (Å²) in [7, 11) is 0. The van der Waals surface area contributed by atoms with Gasteiger partial charge in [0.05, 0.1) is 0 Å². The van der Waals surface area contributed by atoms with Crippen LogP contribution in [0.2, 0.25) is 0 Å². The van der Waals surface area contributed by atoms with Crippen molar-refractivity contribution in [2.45, 2.75) is 25.7 Å². The Labute approximate surface area is 162 Å². The second kappa shape index (κ2) is 1.62. The van der Waals surface area contributed by atoms with Gasteiger partial charge in [0.1, 0.15) is 0 Å². The van der Waals surface area contributed by atoms with Crippen LogP contribution < -0.4 is 0 Å². The molecule has 10 spiro atoms. The third-order valence-corrected chi connectivity index (χ3v) is 22.3. The van der Waals surface area contributed by atoms with Crippen LogP contribution in [0.1, 0.15) is 25.7 Å². The first-order chi connectivity index (χ1) is 13.9. The Kier molecular flexibility index (Phi) is 0.585. The van der Waals surface area contributed by atoms with Gasteiger partial charge in [-0.05, 0) is 163 Å². The smallest absolute Gasteiger partial charge is 0.00504 e. The zero-order chi connectivity index (χ0) is 15.9. The third-order valence-electron chi connectivity index (χ3n) is 22.3. The maximum atomic E-state index is 1.77. The predicted octanol–water partition coefficient (Wildman–Crippen LogP) is 3.28. The quantitative estimate of drug-likeness (QED) is 0.623. The van der Waals surface area contributed by atoms with Gasteiger partial charge in [-0.25, -0.2) is 0 Å². The van der Waals surface area contributed by atoms with Gasteiger partial charge in [-0.3, -0.25) is 0 Å². The maximum absolute atomic E-state index is 1.77. The van der Waals surface area contributed by atoms with Crippen molar-refractivity contribution in [3.05, 3.63) is 0 Å². The van der Waals surface area contributed by atoms with Crippen LogP contribution in [0.4, 0.5) is 0 Å². The van der Waals surface area contributed by atoms with E-state index < -0.39 is 0 Å². The monoisotopic (exact) mass is 358 g/mol. The van der Waals surface area contributed by atoms with Gasteiger partial charge >= 0.3 is 0 Å². The average Bonchev–Trinajstić information content (AvgIpc) is 2.55. The lowest BCUT2D eigenvalue weighted by atomic mass is 8.55. The van der Waals surface area contributed by atoms with Crippen LogP contribution in [0, 0.1) is 137 Å². The van der Waals surface area contributed by atoms with Crippen molar-refractivity contribution in [2.75, 3.05) is 0 Å². The number of fused-ring (bicyclic) bond motifs is 10. The van der Waals surface area contributed by atoms with Gasteiger partial charge < -0.3 is 0 Å². The van der Waals surface area contributed by atoms with Gasteiger partial charge in [0.25, 0.3) is 0 Å². The Morgan fingerprint density at radius 2 is 0.571 bits per heavy atom. The molecule has 0 heteroatoms. The molecule has 18 rings (SSSR count). The van der Waals surface area contributed by atoms with Crippen LogP contribution in [0.15, 0.2) is 0 Å². The Morgan fingerprint density at radius 1 is 0.286 bits per heavy atom. The summed E-state index contributed by atoms with van der Waals surface area (Å²) >= 11 is 0. The topological polar surface area (TPSA) is 0 Å². The van der Waals surface area contributed by atoms with Crippen molar-refractivity contribution in [3.8, 4) is 0 Å². The van der Waals surface area contributed by atoms with Crippen molar-refractivity contribution in [2.24, 2.45) is 137 Å². The van der Waals surface area contributed by atoms with E-state index in [9.17, 15) is 0 Å². The zero-order valence-corrected chi connectivity index (χ0v) is 15.9. The summed E-state index contributed by atoms with van der Waals surface area (Å²) in [5.41, 5.74) is 11.1. The second-order valence-corrected chi connectivity index (χ2v) is 17.3. The molecule has 0 nitrogen and oxygen atoms in total. The molecule has 12 unspecified atom stereocenters. The van der Waals surface area contributed by atoms with Gasteiger partial charge in [0, 0.05) is 0 Å². The molecule has 18 fully saturated rings. The molecule has 0 saturated heterocycles. The summed E-state index contributed by atoms with van der Waals surface area (Å²) in [5.74, 6) is 18.9. The highest BCUT2D eigenvalue weighted by Gasteiger charge is 3.47. The fourth-order valence-electron chi connectivity index (χ4n) is 26.9. The lowest BCUT2D eigenvalue weighted by Gasteiger charge is -3.48. The molecule has 0 N–H and O–H groups in total. The minimum absolute atomic E-state index is 1.10. The first kappa shape index (κ1) is 10.1. The molecule has 18 aliphatic rings. The molecule has 0 aromatic heterocycles. The van der Waals surface area contributed by atoms with Crippen molar-refractivity contribution < 1.29 is 0 Å². The van der Waals surface area contributed by atoms with Gasteiger partial charge in [-0.15, -0.1) is 0 Å². The predicted molar refractivity (Wildman–Crippen MR) is 91.7 cm³/mol.